The van der Waals surface area contributed by atoms with E-state index in [1.807, 2.05) is 12.1 Å². The predicted octanol–water partition coefficient (Wildman–Crippen LogP) is 3.43. The molecular weight excluding hydrogens is 350 g/mol. The lowest BCUT2D eigenvalue weighted by Gasteiger charge is -2.20. The first-order chi connectivity index (χ1) is 9.78. The van der Waals surface area contributed by atoms with Gasteiger partial charge in [0.15, 0.2) is 0 Å². The summed E-state index contributed by atoms with van der Waals surface area (Å²) in [6.45, 7) is 5.18. The number of halogens is 1. The van der Waals surface area contributed by atoms with E-state index in [2.05, 4.69) is 47.2 Å². The molecule has 120 valence electrons. The summed E-state index contributed by atoms with van der Waals surface area (Å²) in [5.74, 6) is 0.731. The van der Waals surface area contributed by atoms with Gasteiger partial charge < -0.3 is 5.32 Å². The third-order valence-electron chi connectivity index (χ3n) is 3.41. The van der Waals surface area contributed by atoms with E-state index < -0.39 is 9.84 Å². The molecule has 0 radical (unpaired) electrons. The standard InChI is InChI=1S/C16H26BrNO2S/c1-13(2)18-12-14(7-6-10-21(3,19)20)11-15-8-4-5-9-16(15)17/h4-5,8-9,13-14,18H,6-7,10-12H2,1-3H3. The van der Waals surface area contributed by atoms with E-state index in [0.717, 1.165) is 30.3 Å². The zero-order chi connectivity index (χ0) is 15.9. The average Bonchev–Trinajstić information content (AvgIpc) is 2.36. The zero-order valence-corrected chi connectivity index (χ0v) is 15.5. The van der Waals surface area contributed by atoms with Gasteiger partial charge in [-0.1, -0.05) is 48.0 Å². The minimum Gasteiger partial charge on any atom is -0.314 e. The highest BCUT2D eigenvalue weighted by Crippen LogP contribution is 2.21. The first-order valence-corrected chi connectivity index (χ1v) is 10.3. The third kappa shape index (κ3) is 8.59. The summed E-state index contributed by atoms with van der Waals surface area (Å²) in [6.07, 6.45) is 3.93. The minimum absolute atomic E-state index is 0.279. The largest absolute Gasteiger partial charge is 0.314 e. The maximum absolute atomic E-state index is 11.3. The van der Waals surface area contributed by atoms with Crippen molar-refractivity contribution in [3.63, 3.8) is 0 Å². The molecule has 0 aromatic heterocycles. The number of rotatable bonds is 9. The Bertz CT molecular complexity index is 529. The van der Waals surface area contributed by atoms with E-state index in [-0.39, 0.29) is 5.75 Å². The van der Waals surface area contributed by atoms with Crippen molar-refractivity contribution in [2.45, 2.75) is 39.2 Å². The van der Waals surface area contributed by atoms with E-state index in [1.165, 1.54) is 11.8 Å². The number of nitrogens with one attached hydrogen (secondary N) is 1. The van der Waals surface area contributed by atoms with Crippen LogP contribution in [0.15, 0.2) is 28.7 Å². The lowest BCUT2D eigenvalue weighted by atomic mass is 9.94. The first kappa shape index (κ1) is 18.7. The number of sulfone groups is 1. The van der Waals surface area contributed by atoms with Crippen LogP contribution in [-0.4, -0.2) is 33.0 Å². The van der Waals surface area contributed by atoms with Gasteiger partial charge in [-0.15, -0.1) is 0 Å². The van der Waals surface area contributed by atoms with Gasteiger partial charge >= 0.3 is 0 Å². The molecule has 0 fully saturated rings. The molecule has 1 unspecified atom stereocenters. The maximum atomic E-state index is 11.3. The van der Waals surface area contributed by atoms with Crippen molar-refractivity contribution in [2.75, 3.05) is 18.6 Å². The quantitative estimate of drug-likeness (QED) is 0.718. The summed E-state index contributed by atoms with van der Waals surface area (Å²) >= 11 is 3.59. The molecule has 0 saturated heterocycles. The molecule has 1 aromatic carbocycles. The molecule has 0 amide bonds. The summed E-state index contributed by atoms with van der Waals surface area (Å²) in [6, 6.07) is 8.69. The van der Waals surface area contributed by atoms with Crippen LogP contribution in [0.3, 0.4) is 0 Å². The zero-order valence-electron chi connectivity index (χ0n) is 13.1. The van der Waals surface area contributed by atoms with Crippen molar-refractivity contribution in [3.05, 3.63) is 34.3 Å². The second kappa shape index (κ2) is 8.91. The highest BCUT2D eigenvalue weighted by molar-refractivity contribution is 9.10. The molecule has 1 atom stereocenters. The summed E-state index contributed by atoms with van der Waals surface area (Å²) in [4.78, 5) is 0. The van der Waals surface area contributed by atoms with Crippen molar-refractivity contribution in [2.24, 2.45) is 5.92 Å². The molecule has 0 spiro atoms. The molecule has 0 saturated carbocycles. The van der Waals surface area contributed by atoms with Crippen molar-refractivity contribution >= 4 is 25.8 Å². The molecule has 1 rings (SSSR count). The van der Waals surface area contributed by atoms with Crippen LogP contribution in [0, 0.1) is 5.92 Å². The number of hydrogen-bond donors (Lipinski definition) is 1. The van der Waals surface area contributed by atoms with Crippen LogP contribution < -0.4 is 5.32 Å². The number of benzene rings is 1. The van der Waals surface area contributed by atoms with E-state index >= 15 is 0 Å². The van der Waals surface area contributed by atoms with Crippen LogP contribution in [0.4, 0.5) is 0 Å². The van der Waals surface area contributed by atoms with Gasteiger partial charge in [0, 0.05) is 22.5 Å². The van der Waals surface area contributed by atoms with E-state index in [4.69, 9.17) is 0 Å². The lowest BCUT2D eigenvalue weighted by Crippen LogP contribution is -2.30. The molecule has 0 aliphatic carbocycles. The van der Waals surface area contributed by atoms with Crippen molar-refractivity contribution in [1.82, 2.24) is 5.32 Å². The molecule has 3 nitrogen and oxygen atoms in total. The second-order valence-electron chi connectivity index (χ2n) is 6.00. The van der Waals surface area contributed by atoms with Crippen LogP contribution in [0.1, 0.15) is 32.3 Å². The van der Waals surface area contributed by atoms with Crippen molar-refractivity contribution in [3.8, 4) is 0 Å². The van der Waals surface area contributed by atoms with Crippen LogP contribution in [0.25, 0.3) is 0 Å². The van der Waals surface area contributed by atoms with Gasteiger partial charge in [0.2, 0.25) is 0 Å². The Hall–Kier alpha value is -0.390. The monoisotopic (exact) mass is 375 g/mol. The van der Waals surface area contributed by atoms with E-state index in [0.29, 0.717) is 12.0 Å². The molecule has 0 aliphatic heterocycles. The van der Waals surface area contributed by atoms with Crippen LogP contribution in [0.5, 0.6) is 0 Å². The molecular formula is C16H26BrNO2S. The fourth-order valence-electron chi connectivity index (χ4n) is 2.29. The fraction of sp³-hybridized carbons (Fsp3) is 0.625. The van der Waals surface area contributed by atoms with E-state index in [9.17, 15) is 8.42 Å². The first-order valence-electron chi connectivity index (χ1n) is 7.42. The Balaban J connectivity index is 2.61. The molecule has 21 heavy (non-hydrogen) atoms. The molecule has 5 heteroatoms. The molecule has 1 aromatic rings. The van der Waals surface area contributed by atoms with Gasteiger partial charge in [-0.25, -0.2) is 8.42 Å². The van der Waals surface area contributed by atoms with Gasteiger partial charge in [-0.05, 0) is 43.4 Å². The van der Waals surface area contributed by atoms with Crippen molar-refractivity contribution < 1.29 is 8.42 Å². The second-order valence-corrected chi connectivity index (χ2v) is 9.11. The van der Waals surface area contributed by atoms with Crippen LogP contribution in [0.2, 0.25) is 0 Å². The summed E-state index contributed by atoms with van der Waals surface area (Å²) in [5, 5.41) is 3.47. The lowest BCUT2D eigenvalue weighted by molar-refractivity contribution is 0.418. The summed E-state index contributed by atoms with van der Waals surface area (Å²) in [7, 11) is -2.86. The Kier molecular flexibility index (Phi) is 7.92. The Morgan fingerprint density at radius 3 is 2.48 bits per heavy atom. The number of hydrogen-bond acceptors (Lipinski definition) is 3. The normalized spacial score (nSPS) is 13.6. The van der Waals surface area contributed by atoms with E-state index in [1.54, 1.807) is 0 Å². The van der Waals surface area contributed by atoms with Crippen molar-refractivity contribution in [1.29, 1.82) is 0 Å². The topological polar surface area (TPSA) is 46.2 Å². The van der Waals surface area contributed by atoms with Gasteiger partial charge in [-0.2, -0.15) is 0 Å². The highest BCUT2D eigenvalue weighted by atomic mass is 79.9. The average molecular weight is 376 g/mol. The SMILES string of the molecule is CC(C)NCC(CCCS(C)(=O)=O)Cc1ccccc1Br. The Morgan fingerprint density at radius 1 is 1.24 bits per heavy atom. The summed E-state index contributed by atoms with van der Waals surface area (Å²) in [5.41, 5.74) is 1.28. The minimum atomic E-state index is -2.86. The summed E-state index contributed by atoms with van der Waals surface area (Å²) < 4.78 is 23.7. The van der Waals surface area contributed by atoms with Gasteiger partial charge in [0.25, 0.3) is 0 Å². The molecule has 1 N–H and O–H groups in total. The van der Waals surface area contributed by atoms with Gasteiger partial charge in [-0.3, -0.25) is 0 Å². The molecule has 0 bridgehead atoms. The third-order valence-corrected chi connectivity index (χ3v) is 5.21. The predicted molar refractivity (Wildman–Crippen MR) is 93.4 cm³/mol. The fourth-order valence-corrected chi connectivity index (χ4v) is 3.43. The Labute approximate surface area is 137 Å². The Morgan fingerprint density at radius 2 is 1.90 bits per heavy atom. The van der Waals surface area contributed by atoms with Crippen LogP contribution >= 0.6 is 15.9 Å². The molecule has 0 heterocycles. The molecule has 0 aliphatic rings. The van der Waals surface area contributed by atoms with Crippen LogP contribution in [-0.2, 0) is 16.3 Å². The smallest absolute Gasteiger partial charge is 0.147 e. The maximum Gasteiger partial charge on any atom is 0.147 e. The van der Waals surface area contributed by atoms with Gasteiger partial charge in [0.1, 0.15) is 9.84 Å². The highest BCUT2D eigenvalue weighted by Gasteiger charge is 2.13. The van der Waals surface area contributed by atoms with Gasteiger partial charge in [0.05, 0.1) is 0 Å².